The number of amides is 4. The summed E-state index contributed by atoms with van der Waals surface area (Å²) in [6.07, 6.45) is 0.223. The number of rotatable bonds is 15. The van der Waals surface area contributed by atoms with E-state index in [0.717, 1.165) is 5.56 Å². The molecule has 0 radical (unpaired) electrons. The van der Waals surface area contributed by atoms with Crippen LogP contribution in [-0.4, -0.2) is 64.6 Å². The number of carbonyl (C=O) groups is 5. The van der Waals surface area contributed by atoms with Crippen molar-refractivity contribution >= 4 is 42.2 Å². The van der Waals surface area contributed by atoms with Gasteiger partial charge in [-0.25, -0.2) is 4.79 Å². The molecule has 8 N–H and O–H groups in total. The van der Waals surface area contributed by atoms with Gasteiger partial charge in [0.05, 0.1) is 6.04 Å². The molecule has 1 aromatic carbocycles. The number of carboxylic acid groups (broad SMARTS) is 1. The Labute approximate surface area is 210 Å². The molecule has 194 valence electrons. The Morgan fingerprint density at radius 3 is 2.09 bits per heavy atom. The van der Waals surface area contributed by atoms with Crippen molar-refractivity contribution in [1.82, 2.24) is 16.0 Å². The lowest BCUT2D eigenvalue weighted by atomic mass is 9.96. The van der Waals surface area contributed by atoms with E-state index in [0.29, 0.717) is 6.42 Å². The van der Waals surface area contributed by atoms with Gasteiger partial charge in [0.25, 0.3) is 0 Å². The SMILES string of the molecule is CCC(C)C(NC(=O)C(Cc1ccccc1)NC(=O)C(N)CS)C(=O)NC(CCC(N)=O)C(=O)O. The van der Waals surface area contributed by atoms with Gasteiger partial charge in [-0.15, -0.1) is 0 Å². The summed E-state index contributed by atoms with van der Waals surface area (Å²) in [7, 11) is 0. The van der Waals surface area contributed by atoms with Crippen molar-refractivity contribution < 1.29 is 29.1 Å². The summed E-state index contributed by atoms with van der Waals surface area (Å²) in [5, 5.41) is 17.0. The van der Waals surface area contributed by atoms with E-state index in [1.807, 2.05) is 13.0 Å². The molecule has 0 aliphatic heterocycles. The number of primary amides is 1. The van der Waals surface area contributed by atoms with Crippen molar-refractivity contribution in [2.75, 3.05) is 5.75 Å². The topological polar surface area (TPSA) is 194 Å². The summed E-state index contributed by atoms with van der Waals surface area (Å²) in [6.45, 7) is 3.54. The van der Waals surface area contributed by atoms with Crippen LogP contribution in [0.15, 0.2) is 30.3 Å². The first-order valence-corrected chi connectivity index (χ1v) is 12.0. The minimum Gasteiger partial charge on any atom is -0.480 e. The highest BCUT2D eigenvalue weighted by atomic mass is 32.1. The molecule has 0 aliphatic carbocycles. The summed E-state index contributed by atoms with van der Waals surface area (Å²) in [4.78, 5) is 61.2. The molecule has 0 bridgehead atoms. The Kier molecular flexibility index (Phi) is 12.8. The number of nitrogens with two attached hydrogens (primary N) is 2. The van der Waals surface area contributed by atoms with E-state index in [9.17, 15) is 29.1 Å². The number of aliphatic carboxylic acids is 1. The fraction of sp³-hybridized carbons (Fsp3) is 0.522. The maximum atomic E-state index is 13.2. The van der Waals surface area contributed by atoms with Crippen LogP contribution in [0.1, 0.15) is 38.7 Å². The Bertz CT molecular complexity index is 884. The largest absolute Gasteiger partial charge is 0.480 e. The van der Waals surface area contributed by atoms with E-state index >= 15 is 0 Å². The average molecular weight is 510 g/mol. The Morgan fingerprint density at radius 2 is 1.57 bits per heavy atom. The zero-order valence-corrected chi connectivity index (χ0v) is 20.8. The molecule has 5 unspecified atom stereocenters. The van der Waals surface area contributed by atoms with Gasteiger partial charge in [-0.1, -0.05) is 50.6 Å². The van der Waals surface area contributed by atoms with Crippen molar-refractivity contribution in [1.29, 1.82) is 0 Å². The quantitative estimate of drug-likeness (QED) is 0.152. The van der Waals surface area contributed by atoms with Crippen molar-refractivity contribution in [3.8, 4) is 0 Å². The lowest BCUT2D eigenvalue weighted by molar-refractivity contribution is -0.143. The van der Waals surface area contributed by atoms with E-state index in [4.69, 9.17) is 11.5 Å². The van der Waals surface area contributed by atoms with Crippen molar-refractivity contribution in [2.45, 2.75) is 63.7 Å². The smallest absolute Gasteiger partial charge is 0.326 e. The van der Waals surface area contributed by atoms with Gasteiger partial charge in [-0.2, -0.15) is 12.6 Å². The molecule has 5 atom stereocenters. The molecule has 12 heteroatoms. The minimum atomic E-state index is -1.35. The third-order valence-corrected chi connectivity index (χ3v) is 5.93. The predicted molar refractivity (Wildman–Crippen MR) is 133 cm³/mol. The lowest BCUT2D eigenvalue weighted by Crippen LogP contribution is -2.59. The van der Waals surface area contributed by atoms with Crippen molar-refractivity contribution in [3.05, 3.63) is 35.9 Å². The van der Waals surface area contributed by atoms with Gasteiger partial charge in [0, 0.05) is 18.6 Å². The molecule has 35 heavy (non-hydrogen) atoms. The molecule has 0 heterocycles. The van der Waals surface area contributed by atoms with Gasteiger partial charge in [0.1, 0.15) is 18.1 Å². The first-order valence-electron chi connectivity index (χ1n) is 11.3. The molecule has 11 nitrogen and oxygen atoms in total. The zero-order chi connectivity index (χ0) is 26.5. The number of hydrogen-bond acceptors (Lipinski definition) is 7. The van der Waals surface area contributed by atoms with Crippen LogP contribution in [0.25, 0.3) is 0 Å². The van der Waals surface area contributed by atoms with Crippen LogP contribution in [-0.2, 0) is 30.4 Å². The van der Waals surface area contributed by atoms with Gasteiger partial charge in [0.15, 0.2) is 0 Å². The second-order valence-electron chi connectivity index (χ2n) is 8.32. The highest BCUT2D eigenvalue weighted by Gasteiger charge is 2.32. The standard InChI is InChI=1S/C23H35N5O6S/c1-3-13(2)19(22(32)26-16(23(33)34)9-10-18(25)29)28-21(31)17(27-20(30)15(24)12-35)11-14-7-5-4-6-8-14/h4-8,13,15-17,19,35H,3,9-12,24H2,1-2H3,(H2,25,29)(H,26,32)(H,27,30)(H,28,31)(H,33,34). The second kappa shape index (κ2) is 15.0. The number of thiol groups is 1. The van der Waals surface area contributed by atoms with Gasteiger partial charge >= 0.3 is 5.97 Å². The van der Waals surface area contributed by atoms with Gasteiger partial charge in [-0.3, -0.25) is 19.2 Å². The Morgan fingerprint density at radius 1 is 0.971 bits per heavy atom. The fourth-order valence-electron chi connectivity index (χ4n) is 3.18. The molecule has 1 aromatic rings. The summed E-state index contributed by atoms with van der Waals surface area (Å²) in [6, 6.07) is 4.57. The van der Waals surface area contributed by atoms with E-state index in [1.165, 1.54) is 0 Å². The molecule has 0 spiro atoms. The Hall–Kier alpha value is -3.12. The summed E-state index contributed by atoms with van der Waals surface area (Å²) >= 11 is 4.01. The first kappa shape index (κ1) is 29.9. The van der Waals surface area contributed by atoms with Crippen LogP contribution in [0.2, 0.25) is 0 Å². The Balaban J connectivity index is 3.09. The lowest BCUT2D eigenvalue weighted by Gasteiger charge is -2.28. The molecule has 1 rings (SSSR count). The molecule has 4 amide bonds. The van der Waals surface area contributed by atoms with Crippen molar-refractivity contribution in [3.63, 3.8) is 0 Å². The fourth-order valence-corrected chi connectivity index (χ4v) is 3.35. The third kappa shape index (κ3) is 10.4. The monoisotopic (exact) mass is 509 g/mol. The number of nitrogens with one attached hydrogen (secondary N) is 3. The molecule has 0 aromatic heterocycles. The number of carbonyl (C=O) groups excluding carboxylic acids is 4. The average Bonchev–Trinajstić information content (AvgIpc) is 2.83. The summed E-state index contributed by atoms with van der Waals surface area (Å²) < 4.78 is 0. The van der Waals surface area contributed by atoms with E-state index in [1.54, 1.807) is 31.2 Å². The van der Waals surface area contributed by atoms with Crippen LogP contribution in [0.3, 0.4) is 0 Å². The highest BCUT2D eigenvalue weighted by Crippen LogP contribution is 2.11. The number of hydrogen-bond donors (Lipinski definition) is 7. The van der Waals surface area contributed by atoms with E-state index in [-0.39, 0.29) is 30.9 Å². The van der Waals surface area contributed by atoms with Crippen LogP contribution < -0.4 is 27.4 Å². The molecule has 0 aliphatic rings. The maximum Gasteiger partial charge on any atom is 0.326 e. The van der Waals surface area contributed by atoms with E-state index < -0.39 is 53.8 Å². The van der Waals surface area contributed by atoms with E-state index in [2.05, 4.69) is 28.6 Å². The number of benzene rings is 1. The van der Waals surface area contributed by atoms with Crippen LogP contribution in [0, 0.1) is 5.92 Å². The van der Waals surface area contributed by atoms with Crippen LogP contribution in [0.5, 0.6) is 0 Å². The van der Waals surface area contributed by atoms with Gasteiger partial charge in [0.2, 0.25) is 23.6 Å². The number of carboxylic acids is 1. The first-order chi connectivity index (χ1) is 16.5. The zero-order valence-electron chi connectivity index (χ0n) is 19.9. The molecule has 0 fully saturated rings. The highest BCUT2D eigenvalue weighted by molar-refractivity contribution is 7.80. The summed E-state index contributed by atoms with van der Waals surface area (Å²) in [5.74, 6) is -4.24. The molecule has 0 saturated carbocycles. The molecular weight excluding hydrogens is 474 g/mol. The molecular formula is C23H35N5O6S. The van der Waals surface area contributed by atoms with Crippen molar-refractivity contribution in [2.24, 2.45) is 17.4 Å². The molecule has 0 saturated heterocycles. The van der Waals surface area contributed by atoms with Crippen LogP contribution in [0.4, 0.5) is 0 Å². The second-order valence-corrected chi connectivity index (χ2v) is 8.68. The predicted octanol–water partition coefficient (Wildman–Crippen LogP) is -0.663. The summed E-state index contributed by atoms with van der Waals surface area (Å²) in [5.41, 5.74) is 11.6. The normalized spacial score (nSPS) is 15.1. The minimum absolute atomic E-state index is 0.0747. The van der Waals surface area contributed by atoms with Gasteiger partial charge in [-0.05, 0) is 17.9 Å². The third-order valence-electron chi connectivity index (χ3n) is 5.54. The maximum absolute atomic E-state index is 13.2. The van der Waals surface area contributed by atoms with Gasteiger partial charge < -0.3 is 32.5 Å². The van der Waals surface area contributed by atoms with Crippen LogP contribution >= 0.6 is 12.6 Å².